The van der Waals surface area contributed by atoms with Crippen molar-refractivity contribution in [2.24, 2.45) is 5.92 Å². The second kappa shape index (κ2) is 8.79. The maximum atomic E-state index is 11.7. The standard InChI is InChI=1S/C25H28N6O2S/c1-33-22-5-3-19-23(30-22)16(6-9-26-19)7-10-31-11-8-25(12-17(25)14-31)27-13-18-2-4-20-24(28-18)29-21(32)15-34-20/h2-6,9,17,27H,7-8,10-15H2,1H3,(H,28,29,32)/t17?,25-/m1/s1. The van der Waals surface area contributed by atoms with Gasteiger partial charge in [-0.1, -0.05) is 0 Å². The predicted octanol–water partition coefficient (Wildman–Crippen LogP) is 2.87. The number of methoxy groups -OCH3 is 1. The second-order valence-electron chi connectivity index (χ2n) is 9.39. The van der Waals surface area contributed by atoms with E-state index in [9.17, 15) is 4.79 Å². The molecule has 0 bridgehead atoms. The largest absolute Gasteiger partial charge is 0.481 e. The summed E-state index contributed by atoms with van der Waals surface area (Å²) < 4.78 is 5.31. The molecule has 8 nitrogen and oxygen atoms in total. The molecule has 0 aromatic carbocycles. The number of carbonyl (C=O) groups excluding carboxylic acids is 1. The predicted molar refractivity (Wildman–Crippen MR) is 132 cm³/mol. The summed E-state index contributed by atoms with van der Waals surface area (Å²) in [4.78, 5) is 29.0. The third kappa shape index (κ3) is 4.23. The van der Waals surface area contributed by atoms with Crippen molar-refractivity contribution in [3.05, 3.63) is 47.8 Å². The number of anilines is 1. The fourth-order valence-corrected chi connectivity index (χ4v) is 5.98. The molecule has 3 aromatic heterocycles. The van der Waals surface area contributed by atoms with Gasteiger partial charge in [-0.2, -0.15) is 0 Å². The van der Waals surface area contributed by atoms with E-state index in [0.29, 0.717) is 23.4 Å². The van der Waals surface area contributed by atoms with Crippen molar-refractivity contribution in [3.8, 4) is 5.88 Å². The van der Waals surface area contributed by atoms with E-state index >= 15 is 0 Å². The number of nitrogens with one attached hydrogen (secondary N) is 2. The van der Waals surface area contributed by atoms with Gasteiger partial charge in [0.1, 0.15) is 5.82 Å². The SMILES string of the molecule is COc1ccc2nccc(CCN3CC[C@@]4(NCc5ccc6c(n5)NC(=O)CS6)CC4C3)c2n1. The number of thioether (sulfide) groups is 1. The first-order chi connectivity index (χ1) is 16.6. The highest BCUT2D eigenvalue weighted by atomic mass is 32.2. The van der Waals surface area contributed by atoms with Crippen molar-refractivity contribution in [3.63, 3.8) is 0 Å². The molecule has 1 aliphatic carbocycles. The van der Waals surface area contributed by atoms with E-state index in [1.54, 1.807) is 18.9 Å². The van der Waals surface area contributed by atoms with Gasteiger partial charge in [0.2, 0.25) is 11.8 Å². The number of hydrogen-bond acceptors (Lipinski definition) is 8. The van der Waals surface area contributed by atoms with E-state index in [1.165, 1.54) is 12.0 Å². The summed E-state index contributed by atoms with van der Waals surface area (Å²) in [5, 5.41) is 6.68. The molecule has 0 spiro atoms. The average molecular weight is 477 g/mol. The van der Waals surface area contributed by atoms with Crippen molar-refractivity contribution in [1.82, 2.24) is 25.2 Å². The van der Waals surface area contributed by atoms with E-state index in [0.717, 1.165) is 60.6 Å². The first-order valence-corrected chi connectivity index (χ1v) is 12.8. The van der Waals surface area contributed by atoms with Gasteiger partial charge in [-0.3, -0.25) is 9.78 Å². The Kier molecular flexibility index (Phi) is 5.63. The van der Waals surface area contributed by atoms with Gasteiger partial charge >= 0.3 is 0 Å². The van der Waals surface area contributed by atoms with E-state index in [4.69, 9.17) is 4.74 Å². The molecule has 1 unspecified atom stereocenters. The summed E-state index contributed by atoms with van der Waals surface area (Å²) in [6.07, 6.45) is 5.20. The van der Waals surface area contributed by atoms with Crippen LogP contribution in [-0.2, 0) is 17.8 Å². The number of amides is 1. The molecule has 0 radical (unpaired) electrons. The Morgan fingerprint density at radius 1 is 1.26 bits per heavy atom. The Labute approximate surface area is 202 Å². The molecule has 5 heterocycles. The molecule has 3 aliphatic rings. The fourth-order valence-electron chi connectivity index (χ4n) is 5.22. The van der Waals surface area contributed by atoms with E-state index in [-0.39, 0.29) is 11.4 Å². The zero-order chi connectivity index (χ0) is 23.1. The Balaban J connectivity index is 1.04. The Hall–Kier alpha value is -2.75. The molecule has 1 amide bonds. The van der Waals surface area contributed by atoms with E-state index in [1.807, 2.05) is 18.3 Å². The summed E-state index contributed by atoms with van der Waals surface area (Å²) >= 11 is 1.55. The fraction of sp³-hybridized carbons (Fsp3) is 0.440. The minimum absolute atomic E-state index is 0.0259. The number of piperidine rings is 1. The number of pyridine rings is 3. The first-order valence-electron chi connectivity index (χ1n) is 11.8. The normalized spacial score (nSPS) is 23.8. The van der Waals surface area contributed by atoms with Crippen LogP contribution in [0.25, 0.3) is 11.0 Å². The van der Waals surface area contributed by atoms with Gasteiger partial charge in [0, 0.05) is 37.4 Å². The number of fused-ring (bicyclic) bond motifs is 3. The van der Waals surface area contributed by atoms with Crippen molar-refractivity contribution >= 4 is 34.5 Å². The van der Waals surface area contributed by atoms with Gasteiger partial charge in [-0.25, -0.2) is 9.97 Å². The van der Waals surface area contributed by atoms with Crippen LogP contribution in [0.2, 0.25) is 0 Å². The lowest BCUT2D eigenvalue weighted by molar-refractivity contribution is -0.113. The maximum Gasteiger partial charge on any atom is 0.235 e. The zero-order valence-corrected chi connectivity index (χ0v) is 20.0. The lowest BCUT2D eigenvalue weighted by Crippen LogP contribution is -2.45. The molecule has 2 aliphatic heterocycles. The van der Waals surface area contributed by atoms with Gasteiger partial charge in [0.25, 0.3) is 0 Å². The van der Waals surface area contributed by atoms with Crippen LogP contribution >= 0.6 is 11.8 Å². The van der Waals surface area contributed by atoms with Crippen molar-refractivity contribution in [1.29, 1.82) is 0 Å². The maximum absolute atomic E-state index is 11.7. The van der Waals surface area contributed by atoms with Gasteiger partial charge < -0.3 is 20.3 Å². The van der Waals surface area contributed by atoms with Gasteiger partial charge in [0.15, 0.2) is 0 Å². The van der Waals surface area contributed by atoms with Crippen molar-refractivity contribution in [2.45, 2.75) is 36.2 Å². The van der Waals surface area contributed by atoms with Crippen LogP contribution in [0.1, 0.15) is 24.1 Å². The minimum atomic E-state index is 0.0259. The van der Waals surface area contributed by atoms with Crippen LogP contribution in [0.15, 0.2) is 41.4 Å². The Bertz CT molecular complexity index is 1250. The van der Waals surface area contributed by atoms with Crippen molar-refractivity contribution < 1.29 is 9.53 Å². The highest BCUT2D eigenvalue weighted by Gasteiger charge is 2.55. The molecule has 1 saturated heterocycles. The number of likely N-dealkylation sites (tertiary alicyclic amines) is 1. The quantitative estimate of drug-likeness (QED) is 0.538. The number of hydrogen-bond donors (Lipinski definition) is 2. The molecule has 176 valence electrons. The van der Waals surface area contributed by atoms with Crippen LogP contribution in [0.5, 0.6) is 5.88 Å². The topological polar surface area (TPSA) is 92.3 Å². The zero-order valence-electron chi connectivity index (χ0n) is 19.2. The minimum Gasteiger partial charge on any atom is -0.481 e. The monoisotopic (exact) mass is 476 g/mol. The third-order valence-corrected chi connectivity index (χ3v) is 8.33. The molecule has 2 N–H and O–H groups in total. The molecule has 2 fully saturated rings. The van der Waals surface area contributed by atoms with Crippen molar-refractivity contribution in [2.75, 3.05) is 37.8 Å². The molecule has 9 heteroatoms. The van der Waals surface area contributed by atoms with E-state index in [2.05, 4.69) is 48.7 Å². The van der Waals surface area contributed by atoms with Gasteiger partial charge in [-0.05, 0) is 61.6 Å². The smallest absolute Gasteiger partial charge is 0.235 e. The molecule has 6 rings (SSSR count). The molecule has 3 aromatic rings. The summed E-state index contributed by atoms with van der Waals surface area (Å²) in [6, 6.07) is 10.1. The molecule has 1 saturated carbocycles. The molecular weight excluding hydrogens is 448 g/mol. The first kappa shape index (κ1) is 21.8. The number of rotatable bonds is 7. The van der Waals surface area contributed by atoms with Gasteiger partial charge in [-0.15, -0.1) is 11.8 Å². The third-order valence-electron chi connectivity index (χ3n) is 7.29. The van der Waals surface area contributed by atoms with Crippen LogP contribution in [-0.4, -0.2) is 63.8 Å². The molecule has 2 atom stereocenters. The number of nitrogens with zero attached hydrogens (tertiary/aromatic N) is 4. The van der Waals surface area contributed by atoms with E-state index < -0.39 is 0 Å². The summed E-state index contributed by atoms with van der Waals surface area (Å²) in [5.41, 5.74) is 4.30. The second-order valence-corrected chi connectivity index (χ2v) is 10.4. The lowest BCUT2D eigenvalue weighted by atomic mass is 10.0. The average Bonchev–Trinajstić information content (AvgIpc) is 3.59. The van der Waals surface area contributed by atoms with Crippen LogP contribution in [0.4, 0.5) is 5.82 Å². The number of carbonyl (C=O) groups is 1. The summed E-state index contributed by atoms with van der Waals surface area (Å²) in [7, 11) is 1.65. The van der Waals surface area contributed by atoms with Crippen LogP contribution in [0, 0.1) is 5.92 Å². The Morgan fingerprint density at radius 2 is 2.21 bits per heavy atom. The molecular formula is C25H28N6O2S. The summed E-state index contributed by atoms with van der Waals surface area (Å²) in [5.74, 6) is 2.51. The number of ether oxygens (including phenoxy) is 1. The molecule has 34 heavy (non-hydrogen) atoms. The summed E-state index contributed by atoms with van der Waals surface area (Å²) in [6.45, 7) is 3.97. The van der Waals surface area contributed by atoms with Crippen LogP contribution in [0.3, 0.4) is 0 Å². The number of aromatic nitrogens is 3. The highest BCUT2D eigenvalue weighted by Crippen LogP contribution is 2.49. The van der Waals surface area contributed by atoms with Crippen LogP contribution < -0.4 is 15.4 Å². The highest BCUT2D eigenvalue weighted by molar-refractivity contribution is 8.00. The van der Waals surface area contributed by atoms with Gasteiger partial charge in [0.05, 0.1) is 34.5 Å². The Morgan fingerprint density at radius 3 is 3.09 bits per heavy atom. The lowest BCUT2D eigenvalue weighted by Gasteiger charge is -2.32.